The maximum atomic E-state index is 4.65. The lowest BCUT2D eigenvalue weighted by atomic mass is 10.8. The van der Waals surface area contributed by atoms with Crippen LogP contribution in [0.3, 0.4) is 0 Å². The van der Waals surface area contributed by atoms with Gasteiger partial charge in [0.05, 0.1) is 7.11 Å². The molecular formula is C5H13NO. The highest BCUT2D eigenvalue weighted by Gasteiger charge is 1.74. The van der Waals surface area contributed by atoms with Crippen molar-refractivity contribution in [2.45, 2.75) is 14.4 Å². The van der Waals surface area contributed by atoms with Crippen molar-refractivity contribution in [2.75, 3.05) is 14.2 Å². The molecule has 2 nitrogen and oxygen atoms in total. The number of ether oxygens (including phenoxy) is 1. The minimum absolute atomic E-state index is 0. The first kappa shape index (κ1) is 9.69. The van der Waals surface area contributed by atoms with Gasteiger partial charge >= 0.3 is 0 Å². The van der Waals surface area contributed by atoms with Crippen LogP contribution in [0, 0.1) is 0 Å². The Balaban J connectivity index is 0. The van der Waals surface area contributed by atoms with Crippen LogP contribution < -0.4 is 0 Å². The number of rotatable bonds is 0. The quantitative estimate of drug-likeness (QED) is 0.334. The summed E-state index contributed by atoms with van der Waals surface area (Å²) in [7, 11) is 3.29. The summed E-state index contributed by atoms with van der Waals surface area (Å²) in [6.45, 7) is 1.81. The molecule has 0 aromatic rings. The van der Waals surface area contributed by atoms with Gasteiger partial charge in [-0.15, -0.1) is 0 Å². The number of nitrogens with zero attached hydrogens (tertiary/aromatic N) is 1. The van der Waals surface area contributed by atoms with Gasteiger partial charge in [-0.2, -0.15) is 0 Å². The highest BCUT2D eigenvalue weighted by atomic mass is 16.5. The number of methoxy groups -OCH3 is 1. The zero-order valence-electron chi connectivity index (χ0n) is 4.36. The predicted molar refractivity (Wildman–Crippen MR) is 32.8 cm³/mol. The summed E-state index contributed by atoms with van der Waals surface area (Å²) in [4.78, 5) is 3.70. The van der Waals surface area contributed by atoms with Crippen molar-refractivity contribution in [1.82, 2.24) is 0 Å². The topological polar surface area (TPSA) is 21.6 Å². The van der Waals surface area contributed by atoms with Gasteiger partial charge in [0.1, 0.15) is 0 Å². The Labute approximate surface area is 45.2 Å². The molecule has 0 saturated heterocycles. The molecule has 0 aliphatic rings. The molecule has 0 spiro atoms. The van der Waals surface area contributed by atoms with Gasteiger partial charge in [0.25, 0.3) is 0 Å². The van der Waals surface area contributed by atoms with Gasteiger partial charge < -0.3 is 4.74 Å². The van der Waals surface area contributed by atoms with E-state index in [0.29, 0.717) is 0 Å². The summed E-state index contributed by atoms with van der Waals surface area (Å²) in [6, 6.07) is 0. The second-order valence-corrected chi connectivity index (χ2v) is 0.947. The summed E-state index contributed by atoms with van der Waals surface area (Å²) < 4.78 is 4.65. The average molecular weight is 103 g/mol. The van der Waals surface area contributed by atoms with Crippen molar-refractivity contribution in [2.24, 2.45) is 4.99 Å². The van der Waals surface area contributed by atoms with Crippen LogP contribution >= 0.6 is 0 Å². The van der Waals surface area contributed by atoms with Crippen molar-refractivity contribution >= 4 is 5.90 Å². The van der Waals surface area contributed by atoms with E-state index >= 15 is 0 Å². The molecule has 0 N–H and O–H groups in total. The van der Waals surface area contributed by atoms with E-state index in [2.05, 4.69) is 9.73 Å². The smallest absolute Gasteiger partial charge is 0.179 e. The minimum atomic E-state index is 0. The van der Waals surface area contributed by atoms with Gasteiger partial charge in [-0.1, -0.05) is 7.43 Å². The van der Waals surface area contributed by atoms with Crippen LogP contribution in [0.4, 0.5) is 0 Å². The lowest BCUT2D eigenvalue weighted by Crippen LogP contribution is -1.90. The van der Waals surface area contributed by atoms with E-state index in [0.717, 1.165) is 5.90 Å². The fraction of sp³-hybridized carbons (Fsp3) is 0.800. The van der Waals surface area contributed by atoms with Crippen molar-refractivity contribution < 1.29 is 4.74 Å². The molecule has 0 aliphatic heterocycles. The van der Waals surface area contributed by atoms with Crippen LogP contribution in [0.2, 0.25) is 0 Å². The molecule has 0 rings (SSSR count). The molecule has 2 heteroatoms. The Morgan fingerprint density at radius 3 is 2.00 bits per heavy atom. The second kappa shape index (κ2) is 5.47. The van der Waals surface area contributed by atoms with Crippen LogP contribution in [0.25, 0.3) is 0 Å². The average Bonchev–Trinajstić information content (AvgIpc) is 1.65. The number of hydrogen-bond acceptors (Lipinski definition) is 2. The summed E-state index contributed by atoms with van der Waals surface area (Å²) in [5, 5.41) is 0. The number of aliphatic imine (C=N–C) groups is 1. The van der Waals surface area contributed by atoms with Crippen molar-refractivity contribution in [3.05, 3.63) is 0 Å². The molecule has 0 fully saturated rings. The van der Waals surface area contributed by atoms with Gasteiger partial charge in [-0.25, -0.2) is 0 Å². The van der Waals surface area contributed by atoms with Crippen molar-refractivity contribution in [3.8, 4) is 0 Å². The van der Waals surface area contributed by atoms with E-state index in [-0.39, 0.29) is 7.43 Å². The Hall–Kier alpha value is -0.530. The molecule has 0 radical (unpaired) electrons. The van der Waals surface area contributed by atoms with E-state index in [9.17, 15) is 0 Å². The van der Waals surface area contributed by atoms with Crippen LogP contribution in [0.1, 0.15) is 14.4 Å². The largest absolute Gasteiger partial charge is 0.485 e. The maximum absolute atomic E-state index is 4.65. The molecule has 0 aromatic carbocycles. The Morgan fingerprint density at radius 2 is 2.00 bits per heavy atom. The van der Waals surface area contributed by atoms with E-state index < -0.39 is 0 Å². The molecule has 0 amide bonds. The second-order valence-electron chi connectivity index (χ2n) is 0.947. The fourth-order valence-corrected chi connectivity index (χ4v) is 0.0913. The van der Waals surface area contributed by atoms with Crippen LogP contribution in [0.15, 0.2) is 4.99 Å². The van der Waals surface area contributed by atoms with Gasteiger partial charge in [-0.05, 0) is 0 Å². The maximum Gasteiger partial charge on any atom is 0.179 e. The molecule has 0 unspecified atom stereocenters. The van der Waals surface area contributed by atoms with Crippen molar-refractivity contribution in [1.29, 1.82) is 0 Å². The first-order chi connectivity index (χ1) is 2.81. The Kier molecular flexibility index (Phi) is 7.57. The summed E-state index contributed by atoms with van der Waals surface area (Å²) in [5.74, 6) is 0.718. The van der Waals surface area contributed by atoms with E-state index in [4.69, 9.17) is 0 Å². The molecule has 7 heavy (non-hydrogen) atoms. The Bertz CT molecular complexity index is 59.1. The third kappa shape index (κ3) is 5.47. The Morgan fingerprint density at radius 1 is 1.57 bits per heavy atom. The standard InChI is InChI=1S/C4H9NO.CH4/c1-4(5-2)6-3;/h1-3H3;1H4. The van der Waals surface area contributed by atoms with E-state index in [1.54, 1.807) is 21.1 Å². The zero-order valence-corrected chi connectivity index (χ0v) is 4.36. The first-order valence-corrected chi connectivity index (χ1v) is 1.78. The summed E-state index contributed by atoms with van der Waals surface area (Å²) in [5.41, 5.74) is 0. The molecule has 0 bridgehead atoms. The molecule has 0 heterocycles. The van der Waals surface area contributed by atoms with Gasteiger partial charge in [-0.3, -0.25) is 4.99 Å². The van der Waals surface area contributed by atoms with Gasteiger partial charge in [0, 0.05) is 14.0 Å². The number of hydrogen-bond donors (Lipinski definition) is 0. The molecule has 0 aliphatic carbocycles. The molecule has 0 saturated carbocycles. The van der Waals surface area contributed by atoms with Crippen molar-refractivity contribution in [3.63, 3.8) is 0 Å². The lowest BCUT2D eigenvalue weighted by molar-refractivity contribution is 0.399. The van der Waals surface area contributed by atoms with E-state index in [1.165, 1.54) is 0 Å². The van der Waals surface area contributed by atoms with Gasteiger partial charge in [0.15, 0.2) is 5.90 Å². The molecular weight excluding hydrogens is 90.1 g/mol. The third-order valence-corrected chi connectivity index (χ3v) is 0.610. The van der Waals surface area contributed by atoms with Crippen LogP contribution in [0.5, 0.6) is 0 Å². The normalized spacial score (nSPS) is 9.86. The molecule has 0 aromatic heterocycles. The predicted octanol–water partition coefficient (Wildman–Crippen LogP) is 1.32. The van der Waals surface area contributed by atoms with Crippen LogP contribution in [-0.2, 0) is 4.74 Å². The highest BCUT2D eigenvalue weighted by Crippen LogP contribution is 1.69. The molecule has 44 valence electrons. The van der Waals surface area contributed by atoms with E-state index in [1.807, 2.05) is 0 Å². The minimum Gasteiger partial charge on any atom is -0.485 e. The van der Waals surface area contributed by atoms with Crippen LogP contribution in [-0.4, -0.2) is 20.1 Å². The summed E-state index contributed by atoms with van der Waals surface area (Å²) in [6.07, 6.45) is 0. The SMILES string of the molecule is C.CN=C(C)OC. The van der Waals surface area contributed by atoms with Gasteiger partial charge in [0.2, 0.25) is 0 Å². The third-order valence-electron chi connectivity index (χ3n) is 0.610. The first-order valence-electron chi connectivity index (χ1n) is 1.78. The molecule has 0 atom stereocenters. The fourth-order valence-electron chi connectivity index (χ4n) is 0.0913. The zero-order chi connectivity index (χ0) is 4.99. The lowest BCUT2D eigenvalue weighted by Gasteiger charge is -1.90. The summed E-state index contributed by atoms with van der Waals surface area (Å²) >= 11 is 0. The monoisotopic (exact) mass is 103 g/mol. The highest BCUT2D eigenvalue weighted by molar-refractivity contribution is 5.72.